The number of carbonyl (C=O) groups excluding carboxylic acids is 1. The van der Waals surface area contributed by atoms with E-state index >= 15 is 0 Å². The predicted octanol–water partition coefficient (Wildman–Crippen LogP) is 3.03. The smallest absolute Gasteiger partial charge is 0.270 e. The lowest BCUT2D eigenvalue weighted by molar-refractivity contribution is -0.118. The summed E-state index contributed by atoms with van der Waals surface area (Å²) in [5, 5.41) is 12.4. The van der Waals surface area contributed by atoms with Gasteiger partial charge in [-0.3, -0.25) is 9.59 Å². The number of aryl methyl sites for hydroxylation is 1. The van der Waals surface area contributed by atoms with Crippen LogP contribution in [0.1, 0.15) is 16.7 Å². The van der Waals surface area contributed by atoms with Crippen LogP contribution in [0.15, 0.2) is 64.5 Å². The molecule has 1 heterocycles. The molecular weight excluding hydrogens is 372 g/mol. The highest BCUT2D eigenvalue weighted by Gasteiger charge is 2.14. The summed E-state index contributed by atoms with van der Waals surface area (Å²) in [7, 11) is 0. The van der Waals surface area contributed by atoms with Crippen LogP contribution in [-0.4, -0.2) is 21.6 Å². The Hall–Kier alpha value is -3.37. The van der Waals surface area contributed by atoms with Crippen molar-refractivity contribution in [3.8, 4) is 17.3 Å². The number of H-pyrrole nitrogens is 1. The first-order chi connectivity index (χ1) is 13.6. The predicted molar refractivity (Wildman–Crippen MR) is 109 cm³/mol. The van der Waals surface area contributed by atoms with Gasteiger partial charge < -0.3 is 10.3 Å². The van der Waals surface area contributed by atoms with E-state index in [0.29, 0.717) is 23.0 Å². The standard InChI is InChI=1S/C21H18N4O2S/c1-14-7-9-16(10-8-14)19-17(11-22)20(27)25-21(24-19)28-13-18(26)23-12-15-5-3-2-4-6-15/h2-10H,12-13H2,1H3,(H,23,26)(H,24,25,27). The SMILES string of the molecule is Cc1ccc(-c2nc(SCC(=O)NCc3ccccc3)[nH]c(=O)c2C#N)cc1. The molecule has 0 spiro atoms. The Morgan fingerprint density at radius 3 is 2.57 bits per heavy atom. The molecule has 28 heavy (non-hydrogen) atoms. The normalized spacial score (nSPS) is 10.3. The summed E-state index contributed by atoms with van der Waals surface area (Å²) in [6.07, 6.45) is 0. The van der Waals surface area contributed by atoms with Gasteiger partial charge in [0.1, 0.15) is 11.6 Å². The van der Waals surface area contributed by atoms with Crippen molar-refractivity contribution in [2.45, 2.75) is 18.6 Å². The summed E-state index contributed by atoms with van der Waals surface area (Å²) in [6.45, 7) is 2.39. The Labute approximate surface area is 166 Å². The van der Waals surface area contributed by atoms with E-state index in [1.54, 1.807) is 0 Å². The average molecular weight is 390 g/mol. The maximum absolute atomic E-state index is 12.3. The number of hydrogen-bond donors (Lipinski definition) is 2. The lowest BCUT2D eigenvalue weighted by Gasteiger charge is -2.08. The van der Waals surface area contributed by atoms with E-state index in [0.717, 1.165) is 22.9 Å². The van der Waals surface area contributed by atoms with Crippen LogP contribution in [0.3, 0.4) is 0 Å². The first kappa shape index (κ1) is 19.4. The molecule has 0 saturated carbocycles. The number of hydrogen-bond acceptors (Lipinski definition) is 5. The number of amides is 1. The van der Waals surface area contributed by atoms with Gasteiger partial charge in [0.25, 0.3) is 5.56 Å². The van der Waals surface area contributed by atoms with Crippen LogP contribution in [0.5, 0.6) is 0 Å². The molecular formula is C21H18N4O2S. The topological polar surface area (TPSA) is 98.6 Å². The minimum absolute atomic E-state index is 0.0401. The number of nitriles is 1. The fourth-order valence-electron chi connectivity index (χ4n) is 2.53. The average Bonchev–Trinajstić information content (AvgIpc) is 2.71. The summed E-state index contributed by atoms with van der Waals surface area (Å²) in [4.78, 5) is 31.3. The highest BCUT2D eigenvalue weighted by molar-refractivity contribution is 7.99. The minimum atomic E-state index is -0.514. The molecule has 7 heteroatoms. The minimum Gasteiger partial charge on any atom is -0.351 e. The van der Waals surface area contributed by atoms with Crippen molar-refractivity contribution in [2.75, 3.05) is 5.75 Å². The van der Waals surface area contributed by atoms with Gasteiger partial charge in [-0.25, -0.2) is 4.98 Å². The van der Waals surface area contributed by atoms with Crippen LogP contribution in [0.2, 0.25) is 0 Å². The second kappa shape index (κ2) is 9.02. The summed E-state index contributed by atoms with van der Waals surface area (Å²) in [5.74, 6) is -0.0626. The molecule has 3 aromatic rings. The molecule has 0 aliphatic rings. The fourth-order valence-corrected chi connectivity index (χ4v) is 3.22. The number of benzene rings is 2. The second-order valence-corrected chi connectivity index (χ2v) is 7.09. The molecule has 0 atom stereocenters. The largest absolute Gasteiger partial charge is 0.351 e. The Kier molecular flexibility index (Phi) is 6.25. The van der Waals surface area contributed by atoms with E-state index in [9.17, 15) is 14.9 Å². The number of nitrogens with one attached hydrogen (secondary N) is 2. The zero-order valence-corrected chi connectivity index (χ0v) is 16.0. The van der Waals surface area contributed by atoms with Crippen molar-refractivity contribution in [1.29, 1.82) is 5.26 Å². The van der Waals surface area contributed by atoms with Crippen molar-refractivity contribution >= 4 is 17.7 Å². The molecule has 0 saturated heterocycles. The molecule has 6 nitrogen and oxygen atoms in total. The second-order valence-electron chi connectivity index (χ2n) is 6.12. The van der Waals surface area contributed by atoms with E-state index in [-0.39, 0.29) is 17.2 Å². The van der Waals surface area contributed by atoms with Crippen molar-refractivity contribution in [2.24, 2.45) is 0 Å². The highest BCUT2D eigenvalue weighted by atomic mass is 32.2. The third kappa shape index (κ3) is 4.87. The number of nitrogens with zero attached hydrogens (tertiary/aromatic N) is 2. The number of aromatic nitrogens is 2. The van der Waals surface area contributed by atoms with Gasteiger partial charge in [-0.15, -0.1) is 0 Å². The third-order valence-electron chi connectivity index (χ3n) is 4.01. The monoisotopic (exact) mass is 390 g/mol. The van der Waals surface area contributed by atoms with E-state index in [4.69, 9.17) is 0 Å². The summed E-state index contributed by atoms with van der Waals surface area (Å²) >= 11 is 1.12. The van der Waals surface area contributed by atoms with Gasteiger partial charge in [0, 0.05) is 12.1 Å². The maximum Gasteiger partial charge on any atom is 0.270 e. The summed E-state index contributed by atoms with van der Waals surface area (Å²) < 4.78 is 0. The highest BCUT2D eigenvalue weighted by Crippen LogP contribution is 2.22. The molecule has 1 amide bonds. The van der Waals surface area contributed by atoms with Gasteiger partial charge in [0.2, 0.25) is 5.91 Å². The van der Waals surface area contributed by atoms with Gasteiger partial charge in [-0.1, -0.05) is 71.9 Å². The molecule has 0 aliphatic heterocycles. The zero-order valence-electron chi connectivity index (χ0n) is 15.2. The Bertz CT molecular complexity index is 1070. The molecule has 2 N–H and O–H groups in total. The summed E-state index contributed by atoms with van der Waals surface area (Å²) in [5.41, 5.74) is 2.52. The number of carbonyl (C=O) groups is 1. The van der Waals surface area contributed by atoms with Crippen LogP contribution in [0, 0.1) is 18.3 Å². The maximum atomic E-state index is 12.3. The molecule has 2 aromatic carbocycles. The molecule has 0 unspecified atom stereocenters. The van der Waals surface area contributed by atoms with Gasteiger partial charge in [0.15, 0.2) is 5.16 Å². The van der Waals surface area contributed by atoms with Crippen molar-refractivity contribution in [3.05, 3.63) is 81.6 Å². The first-order valence-corrected chi connectivity index (χ1v) is 9.60. The quantitative estimate of drug-likeness (QED) is 0.498. The fraction of sp³-hybridized carbons (Fsp3) is 0.143. The van der Waals surface area contributed by atoms with Crippen LogP contribution < -0.4 is 10.9 Å². The van der Waals surface area contributed by atoms with Crippen LogP contribution >= 0.6 is 11.8 Å². The van der Waals surface area contributed by atoms with Crippen molar-refractivity contribution in [3.63, 3.8) is 0 Å². The van der Waals surface area contributed by atoms with Gasteiger partial charge in [0.05, 0.1) is 11.4 Å². The van der Waals surface area contributed by atoms with Crippen LogP contribution in [-0.2, 0) is 11.3 Å². The van der Waals surface area contributed by atoms with E-state index in [1.807, 2.05) is 67.6 Å². The van der Waals surface area contributed by atoms with Gasteiger partial charge in [-0.2, -0.15) is 5.26 Å². The number of aromatic amines is 1. The van der Waals surface area contributed by atoms with E-state index < -0.39 is 5.56 Å². The van der Waals surface area contributed by atoms with Crippen molar-refractivity contribution in [1.82, 2.24) is 15.3 Å². The third-order valence-corrected chi connectivity index (χ3v) is 4.88. The van der Waals surface area contributed by atoms with E-state index in [2.05, 4.69) is 15.3 Å². The Morgan fingerprint density at radius 1 is 1.18 bits per heavy atom. The van der Waals surface area contributed by atoms with E-state index in [1.165, 1.54) is 0 Å². The number of thioether (sulfide) groups is 1. The van der Waals surface area contributed by atoms with Gasteiger partial charge in [-0.05, 0) is 12.5 Å². The van der Waals surface area contributed by atoms with Gasteiger partial charge >= 0.3 is 0 Å². The Balaban J connectivity index is 1.72. The molecule has 1 aromatic heterocycles. The lowest BCUT2D eigenvalue weighted by Crippen LogP contribution is -2.25. The molecule has 0 fully saturated rings. The molecule has 140 valence electrons. The Morgan fingerprint density at radius 2 is 1.89 bits per heavy atom. The molecule has 0 aliphatic carbocycles. The lowest BCUT2D eigenvalue weighted by atomic mass is 10.1. The number of rotatable bonds is 6. The molecule has 3 rings (SSSR count). The van der Waals surface area contributed by atoms with Crippen molar-refractivity contribution < 1.29 is 4.79 Å². The first-order valence-electron chi connectivity index (χ1n) is 8.61. The molecule has 0 radical (unpaired) electrons. The molecule has 0 bridgehead atoms. The van der Waals surface area contributed by atoms with Crippen LogP contribution in [0.4, 0.5) is 0 Å². The van der Waals surface area contributed by atoms with Crippen LogP contribution in [0.25, 0.3) is 11.3 Å². The summed E-state index contributed by atoms with van der Waals surface area (Å²) in [6, 6.07) is 18.9. The zero-order chi connectivity index (χ0) is 19.9.